The molecule has 0 bridgehead atoms. The van der Waals surface area contributed by atoms with Crippen molar-refractivity contribution >= 4 is 64.2 Å². The minimum atomic E-state index is -0.994. The van der Waals surface area contributed by atoms with E-state index in [1.54, 1.807) is 43.6 Å². The molecule has 63 heavy (non-hydrogen) atoms. The maximum Gasteiger partial charge on any atom is 0.264 e. The first-order chi connectivity index (χ1) is 30.4. The lowest BCUT2D eigenvalue weighted by Crippen LogP contribution is -2.54. The van der Waals surface area contributed by atoms with Gasteiger partial charge < -0.3 is 25.6 Å². The van der Waals surface area contributed by atoms with E-state index in [9.17, 15) is 28.4 Å². The van der Waals surface area contributed by atoms with Gasteiger partial charge in [-0.25, -0.2) is 9.37 Å². The molecule has 0 aliphatic carbocycles. The molecule has 18 heteroatoms. The van der Waals surface area contributed by atoms with Crippen LogP contribution in [0.4, 0.5) is 15.9 Å². The van der Waals surface area contributed by atoms with Crippen molar-refractivity contribution in [2.24, 2.45) is 5.92 Å². The number of aromatic nitrogens is 3. The maximum absolute atomic E-state index is 14.2. The molecule has 0 radical (unpaired) electrons. The molecule has 0 saturated carbocycles. The van der Waals surface area contributed by atoms with Gasteiger partial charge in [-0.1, -0.05) is 42.1 Å². The van der Waals surface area contributed by atoms with Gasteiger partial charge in [0.25, 0.3) is 11.8 Å². The van der Waals surface area contributed by atoms with Crippen LogP contribution in [0.25, 0.3) is 11.1 Å². The molecule has 2 aromatic heterocycles. The Morgan fingerprint density at radius 3 is 2.56 bits per heavy atom. The molecular formula is C45H50Cl2FN9O6. The number of imide groups is 2. The lowest BCUT2D eigenvalue weighted by Gasteiger charge is -2.39. The summed E-state index contributed by atoms with van der Waals surface area (Å²) in [4.78, 5) is 73.3. The zero-order valence-corrected chi connectivity index (χ0v) is 36.5. The molecule has 332 valence electrons. The molecule has 4 N–H and O–H groups in total. The van der Waals surface area contributed by atoms with Crippen molar-refractivity contribution in [3.63, 3.8) is 0 Å². The second kappa shape index (κ2) is 19.0. The van der Waals surface area contributed by atoms with Crippen LogP contribution in [0.1, 0.15) is 103 Å². The van der Waals surface area contributed by atoms with Crippen LogP contribution < -0.4 is 21.1 Å². The van der Waals surface area contributed by atoms with Crippen molar-refractivity contribution in [3.05, 3.63) is 87.5 Å². The number of anilines is 2. The van der Waals surface area contributed by atoms with Crippen LogP contribution in [0, 0.1) is 11.7 Å². The fraction of sp³-hybridized carbons (Fsp3) is 0.444. The number of carbonyl (C=O) groups is 5. The molecule has 8 rings (SSSR count). The van der Waals surface area contributed by atoms with Crippen LogP contribution in [-0.4, -0.2) is 104 Å². The van der Waals surface area contributed by atoms with Crippen LogP contribution in [0.5, 0.6) is 5.75 Å². The second-order valence-corrected chi connectivity index (χ2v) is 17.6. The van der Waals surface area contributed by atoms with E-state index >= 15 is 0 Å². The Kier molecular flexibility index (Phi) is 13.3. The summed E-state index contributed by atoms with van der Waals surface area (Å²) in [6.07, 6.45) is 11.0. The molecule has 3 fully saturated rings. The Balaban J connectivity index is 0.709. The number of likely N-dealkylation sites (tertiary alicyclic amines) is 2. The predicted octanol–water partition coefficient (Wildman–Crippen LogP) is 6.67. The molecule has 2 unspecified atom stereocenters. The average molecular weight is 903 g/mol. The molecule has 0 spiro atoms. The fourth-order valence-corrected chi connectivity index (χ4v) is 9.65. The number of carbonyl (C=O) groups excluding carboxylic acids is 5. The highest BCUT2D eigenvalue weighted by molar-refractivity contribution is 6.36. The number of piperidine rings is 2. The quantitative estimate of drug-likeness (QED) is 0.0620. The number of unbranched alkanes of at least 4 members (excludes halogenated alkanes) is 3. The molecule has 5 amide bonds. The molecule has 4 aliphatic heterocycles. The van der Waals surface area contributed by atoms with Gasteiger partial charge in [0, 0.05) is 91.3 Å². The van der Waals surface area contributed by atoms with E-state index < -0.39 is 41.6 Å². The summed E-state index contributed by atoms with van der Waals surface area (Å²) in [7, 11) is 0. The first kappa shape index (κ1) is 44.0. The lowest BCUT2D eigenvalue weighted by molar-refractivity contribution is -0.136. The minimum absolute atomic E-state index is 0.0779. The van der Waals surface area contributed by atoms with Crippen molar-refractivity contribution in [1.82, 2.24) is 34.8 Å². The van der Waals surface area contributed by atoms with Crippen LogP contribution >= 0.6 is 23.2 Å². The van der Waals surface area contributed by atoms with Crippen LogP contribution in [-0.2, 0) is 14.4 Å². The number of nitrogens with zero attached hydrogens (tertiary/aromatic N) is 6. The monoisotopic (exact) mass is 901 g/mol. The van der Waals surface area contributed by atoms with Gasteiger partial charge in [-0.15, -0.1) is 0 Å². The van der Waals surface area contributed by atoms with Gasteiger partial charge in [0.2, 0.25) is 17.7 Å². The zero-order valence-electron chi connectivity index (χ0n) is 35.0. The van der Waals surface area contributed by atoms with E-state index in [1.807, 2.05) is 15.8 Å². The third-order valence-electron chi connectivity index (χ3n) is 12.5. The van der Waals surface area contributed by atoms with Crippen LogP contribution in [0.2, 0.25) is 10.0 Å². The Hall–Kier alpha value is -5.58. The number of nitrogens with two attached hydrogens (primary N) is 1. The zero-order chi connectivity index (χ0) is 44.4. The van der Waals surface area contributed by atoms with E-state index in [-0.39, 0.29) is 51.8 Å². The summed E-state index contributed by atoms with van der Waals surface area (Å²) >= 11 is 12.5. The molecule has 4 aromatic rings. The van der Waals surface area contributed by atoms with Gasteiger partial charge in [0.05, 0.1) is 28.4 Å². The second-order valence-electron chi connectivity index (χ2n) is 16.8. The van der Waals surface area contributed by atoms with Crippen LogP contribution in [0.3, 0.4) is 0 Å². The number of halogens is 3. The average Bonchev–Trinajstić information content (AvgIpc) is 3.85. The Bertz CT molecular complexity index is 2420. The normalized spacial score (nSPS) is 19.0. The Morgan fingerprint density at radius 1 is 1.00 bits per heavy atom. The van der Waals surface area contributed by atoms with E-state index in [1.165, 1.54) is 12.1 Å². The van der Waals surface area contributed by atoms with Gasteiger partial charge in [-0.3, -0.25) is 38.9 Å². The van der Waals surface area contributed by atoms with Crippen molar-refractivity contribution in [2.75, 3.05) is 50.3 Å². The summed E-state index contributed by atoms with van der Waals surface area (Å²) in [5.41, 5.74) is 9.16. The summed E-state index contributed by atoms with van der Waals surface area (Å²) < 4.78 is 22.2. The number of amides is 5. The van der Waals surface area contributed by atoms with Gasteiger partial charge in [-0.2, -0.15) is 5.10 Å². The van der Waals surface area contributed by atoms with E-state index in [0.29, 0.717) is 49.0 Å². The highest BCUT2D eigenvalue weighted by Crippen LogP contribution is 2.38. The number of rotatable bonds is 16. The highest BCUT2D eigenvalue weighted by atomic mass is 35.5. The summed E-state index contributed by atoms with van der Waals surface area (Å²) in [5.74, 6) is -1.57. The lowest BCUT2D eigenvalue weighted by atomic mass is 9.98. The summed E-state index contributed by atoms with van der Waals surface area (Å²) in [6, 6.07) is 8.67. The smallest absolute Gasteiger partial charge is 0.264 e. The van der Waals surface area contributed by atoms with Crippen LogP contribution in [0.15, 0.2) is 55.0 Å². The SMILES string of the molecule is CC(Oc1cc(-c2cnn(C3CCN(C(=O)CCCCCCN4CC(CNc5cccc6c5C(=O)N(C5CCC(=O)NC5=O)C6=O)C4)CC3)c2)cnc1N)c1c(Cl)ccc(F)c1Cl. The number of ether oxygens (including phenoxy) is 1. The van der Waals surface area contributed by atoms with E-state index in [2.05, 4.69) is 25.6 Å². The van der Waals surface area contributed by atoms with E-state index in [0.717, 1.165) is 74.2 Å². The first-order valence-electron chi connectivity index (χ1n) is 21.5. The summed E-state index contributed by atoms with van der Waals surface area (Å²) in [5, 5.41) is 10.4. The van der Waals surface area contributed by atoms with E-state index in [4.69, 9.17) is 33.7 Å². The number of hydrogen-bond acceptors (Lipinski definition) is 11. The number of nitrogens with one attached hydrogen (secondary N) is 2. The largest absolute Gasteiger partial charge is 0.482 e. The highest BCUT2D eigenvalue weighted by Gasteiger charge is 2.45. The number of hydrogen-bond donors (Lipinski definition) is 3. The molecule has 3 saturated heterocycles. The van der Waals surface area contributed by atoms with Gasteiger partial charge >= 0.3 is 0 Å². The molecular weight excluding hydrogens is 852 g/mol. The van der Waals surface area contributed by atoms with Crippen molar-refractivity contribution < 1.29 is 33.1 Å². The molecule has 6 heterocycles. The fourth-order valence-electron chi connectivity index (χ4n) is 8.97. The Morgan fingerprint density at radius 2 is 1.78 bits per heavy atom. The van der Waals surface area contributed by atoms with Gasteiger partial charge in [-0.05, 0) is 75.9 Å². The van der Waals surface area contributed by atoms with Gasteiger partial charge in [0.1, 0.15) is 18.0 Å². The predicted molar refractivity (Wildman–Crippen MR) is 235 cm³/mol. The minimum Gasteiger partial charge on any atom is -0.482 e. The third kappa shape index (κ3) is 9.53. The third-order valence-corrected chi connectivity index (χ3v) is 13.2. The number of fused-ring (bicyclic) bond motifs is 1. The molecule has 2 aromatic carbocycles. The van der Waals surface area contributed by atoms with Gasteiger partial charge in [0.15, 0.2) is 11.6 Å². The Labute approximate surface area is 374 Å². The number of benzene rings is 2. The molecule has 2 atom stereocenters. The number of pyridine rings is 1. The summed E-state index contributed by atoms with van der Waals surface area (Å²) in [6.45, 7) is 6.58. The van der Waals surface area contributed by atoms with Crippen molar-refractivity contribution in [1.29, 1.82) is 0 Å². The van der Waals surface area contributed by atoms with Crippen molar-refractivity contribution in [2.45, 2.75) is 82.9 Å². The molecule has 15 nitrogen and oxygen atoms in total. The topological polar surface area (TPSA) is 185 Å². The maximum atomic E-state index is 14.2. The first-order valence-corrected chi connectivity index (χ1v) is 22.3. The number of nitrogen functional groups attached to an aromatic ring is 1. The van der Waals surface area contributed by atoms with Crippen molar-refractivity contribution in [3.8, 4) is 16.9 Å². The molecule has 4 aliphatic rings. The standard InChI is InChI=1S/C45H50Cl2FN9O6/c1-26(39-32(46)10-11-33(48)41(39)47)63-36-19-28(21-51-42(36)49)29-22-52-56(25-29)30-14-17-55(18-15-30)38(59)9-4-2-3-5-16-54-23-27(24-54)20-50-34-8-6-7-31-40(34)45(62)57(44(31)61)35-12-13-37(58)53-43(35)60/h6-8,10-11,19,21-22,25-27,30,35,50H,2-5,9,12-18,20,23-24H2,1H3,(H2,49,51)(H,53,58,60).